The average Bonchev–Trinajstić information content (AvgIpc) is 3.07. The number of nitrogens with zero attached hydrogens (tertiary/aromatic N) is 3. The van der Waals surface area contributed by atoms with Crippen LogP contribution in [-0.2, 0) is 0 Å². The molecular formula is C17H20ClN3O2. The zero-order chi connectivity index (χ0) is 16.4. The van der Waals surface area contributed by atoms with Crippen molar-refractivity contribution in [3.8, 4) is 17.0 Å². The molecule has 0 unspecified atom stereocenters. The molecule has 122 valence electrons. The van der Waals surface area contributed by atoms with Crippen LogP contribution in [0.25, 0.3) is 11.3 Å². The van der Waals surface area contributed by atoms with Gasteiger partial charge in [-0.2, -0.15) is 0 Å². The largest absolute Gasteiger partial charge is 0.506 e. The van der Waals surface area contributed by atoms with Gasteiger partial charge in [-0.1, -0.05) is 30.9 Å². The van der Waals surface area contributed by atoms with E-state index in [1.165, 1.54) is 36.2 Å². The van der Waals surface area contributed by atoms with E-state index in [-0.39, 0.29) is 16.8 Å². The van der Waals surface area contributed by atoms with E-state index in [1.54, 1.807) is 18.3 Å². The van der Waals surface area contributed by atoms with Crippen molar-refractivity contribution >= 4 is 17.6 Å². The van der Waals surface area contributed by atoms with Crippen molar-refractivity contribution < 1.29 is 9.90 Å². The Morgan fingerprint density at radius 2 is 2.09 bits per heavy atom. The first-order valence-electron chi connectivity index (χ1n) is 7.86. The molecule has 1 amide bonds. The monoisotopic (exact) mass is 333 g/mol. The highest BCUT2D eigenvalue weighted by atomic mass is 35.5. The SMILES string of the molecule is CN(C(=O)n1cnc(-c2ccc(O)c(Cl)c2)c1)C1CCCCC1. The zero-order valence-corrected chi connectivity index (χ0v) is 13.8. The van der Waals surface area contributed by atoms with Gasteiger partial charge in [-0.15, -0.1) is 0 Å². The second-order valence-electron chi connectivity index (χ2n) is 6.02. The number of imidazole rings is 1. The smallest absolute Gasteiger partial charge is 0.329 e. The van der Waals surface area contributed by atoms with E-state index in [0.717, 1.165) is 18.4 Å². The second kappa shape index (κ2) is 6.62. The Balaban J connectivity index is 1.77. The summed E-state index contributed by atoms with van der Waals surface area (Å²) in [6.45, 7) is 0. The highest BCUT2D eigenvalue weighted by molar-refractivity contribution is 6.32. The molecule has 1 aliphatic carbocycles. The standard InChI is InChI=1S/C17H20ClN3O2/c1-20(13-5-3-2-4-6-13)17(23)21-10-15(19-11-21)12-7-8-16(22)14(18)9-12/h7-11,13,22H,2-6H2,1H3. The Morgan fingerprint density at radius 3 is 2.78 bits per heavy atom. The third-order valence-corrected chi connectivity index (χ3v) is 4.77. The molecule has 6 heteroatoms. The summed E-state index contributed by atoms with van der Waals surface area (Å²) < 4.78 is 1.50. The van der Waals surface area contributed by atoms with Crippen molar-refractivity contribution in [1.82, 2.24) is 14.5 Å². The normalized spacial score (nSPS) is 15.6. The van der Waals surface area contributed by atoms with Crippen molar-refractivity contribution in [1.29, 1.82) is 0 Å². The molecule has 3 rings (SSSR count). The minimum absolute atomic E-state index is 0.0305. The molecule has 0 aliphatic heterocycles. The molecule has 1 aromatic carbocycles. The number of amides is 1. The number of aromatic nitrogens is 2. The minimum Gasteiger partial charge on any atom is -0.506 e. The molecule has 0 radical (unpaired) electrons. The predicted molar refractivity (Wildman–Crippen MR) is 89.8 cm³/mol. The number of carbonyl (C=O) groups is 1. The van der Waals surface area contributed by atoms with Gasteiger partial charge in [-0.25, -0.2) is 9.78 Å². The molecule has 5 nitrogen and oxygen atoms in total. The van der Waals surface area contributed by atoms with Gasteiger partial charge in [0.2, 0.25) is 0 Å². The molecule has 1 saturated carbocycles. The van der Waals surface area contributed by atoms with Gasteiger partial charge >= 0.3 is 6.03 Å². The number of phenols is 1. The third-order valence-electron chi connectivity index (χ3n) is 4.47. The predicted octanol–water partition coefficient (Wildman–Crippen LogP) is 4.14. The lowest BCUT2D eigenvalue weighted by atomic mass is 9.95. The zero-order valence-electron chi connectivity index (χ0n) is 13.1. The molecule has 0 bridgehead atoms. The van der Waals surface area contributed by atoms with Gasteiger partial charge in [0.25, 0.3) is 0 Å². The van der Waals surface area contributed by atoms with E-state index in [0.29, 0.717) is 11.7 Å². The van der Waals surface area contributed by atoms with E-state index < -0.39 is 0 Å². The number of hydrogen-bond acceptors (Lipinski definition) is 3. The van der Waals surface area contributed by atoms with Crippen LogP contribution >= 0.6 is 11.6 Å². The number of rotatable bonds is 2. The van der Waals surface area contributed by atoms with E-state index in [1.807, 2.05) is 11.9 Å². The van der Waals surface area contributed by atoms with Crippen LogP contribution < -0.4 is 0 Å². The lowest BCUT2D eigenvalue weighted by Gasteiger charge is -2.31. The Hall–Kier alpha value is -2.01. The Morgan fingerprint density at radius 1 is 1.35 bits per heavy atom. The lowest BCUT2D eigenvalue weighted by molar-refractivity contribution is 0.175. The van der Waals surface area contributed by atoms with Crippen LogP contribution in [0.3, 0.4) is 0 Å². The Labute approximate surface area is 140 Å². The topological polar surface area (TPSA) is 58.4 Å². The minimum atomic E-state index is -0.0690. The first kappa shape index (κ1) is 15.9. The van der Waals surface area contributed by atoms with Crippen molar-refractivity contribution in [3.63, 3.8) is 0 Å². The van der Waals surface area contributed by atoms with Crippen LogP contribution in [0.4, 0.5) is 4.79 Å². The van der Waals surface area contributed by atoms with Gasteiger partial charge in [0, 0.05) is 24.8 Å². The summed E-state index contributed by atoms with van der Waals surface area (Å²) in [5, 5.41) is 9.75. The highest BCUT2D eigenvalue weighted by Crippen LogP contribution is 2.28. The maximum Gasteiger partial charge on any atom is 0.329 e. The van der Waals surface area contributed by atoms with Crippen LogP contribution in [0.2, 0.25) is 5.02 Å². The molecule has 0 atom stereocenters. The molecule has 1 heterocycles. The van der Waals surface area contributed by atoms with Crippen LogP contribution in [0.5, 0.6) is 5.75 Å². The lowest BCUT2D eigenvalue weighted by Crippen LogP contribution is -2.40. The van der Waals surface area contributed by atoms with E-state index in [9.17, 15) is 9.90 Å². The summed E-state index contributed by atoms with van der Waals surface area (Å²) >= 11 is 5.93. The average molecular weight is 334 g/mol. The molecule has 23 heavy (non-hydrogen) atoms. The molecule has 1 N–H and O–H groups in total. The summed E-state index contributed by atoms with van der Waals surface area (Å²) in [6, 6.07) is 5.13. The molecule has 2 aromatic rings. The van der Waals surface area contributed by atoms with Gasteiger partial charge in [0.1, 0.15) is 12.1 Å². The number of carbonyl (C=O) groups excluding carboxylic acids is 1. The van der Waals surface area contributed by atoms with E-state index in [2.05, 4.69) is 4.98 Å². The summed E-state index contributed by atoms with van der Waals surface area (Å²) in [4.78, 5) is 18.7. The number of hydrogen-bond donors (Lipinski definition) is 1. The van der Waals surface area contributed by atoms with Gasteiger partial charge < -0.3 is 10.0 Å². The fraction of sp³-hybridized carbons (Fsp3) is 0.412. The van der Waals surface area contributed by atoms with Gasteiger partial charge in [-0.3, -0.25) is 4.57 Å². The Bertz CT molecular complexity index is 708. The summed E-state index contributed by atoms with van der Waals surface area (Å²) in [5.41, 5.74) is 1.41. The number of halogens is 1. The fourth-order valence-corrected chi connectivity index (χ4v) is 3.23. The quantitative estimate of drug-likeness (QED) is 0.898. The van der Waals surface area contributed by atoms with Crippen LogP contribution in [0, 0.1) is 0 Å². The van der Waals surface area contributed by atoms with Crippen molar-refractivity contribution in [3.05, 3.63) is 35.7 Å². The van der Waals surface area contributed by atoms with Crippen molar-refractivity contribution in [2.75, 3.05) is 7.05 Å². The fourth-order valence-electron chi connectivity index (χ4n) is 3.05. The maximum absolute atomic E-state index is 12.6. The summed E-state index contributed by atoms with van der Waals surface area (Å²) in [5.74, 6) is 0.0305. The van der Waals surface area contributed by atoms with Crippen LogP contribution in [0.1, 0.15) is 32.1 Å². The van der Waals surface area contributed by atoms with Crippen LogP contribution in [0.15, 0.2) is 30.7 Å². The third kappa shape index (κ3) is 3.34. The van der Waals surface area contributed by atoms with E-state index >= 15 is 0 Å². The number of benzene rings is 1. The van der Waals surface area contributed by atoms with Gasteiger partial charge in [-0.05, 0) is 31.0 Å². The Kier molecular flexibility index (Phi) is 4.57. The first-order valence-corrected chi connectivity index (χ1v) is 8.24. The molecule has 0 saturated heterocycles. The highest BCUT2D eigenvalue weighted by Gasteiger charge is 2.23. The van der Waals surface area contributed by atoms with Gasteiger partial charge in [0.05, 0.1) is 10.7 Å². The number of aromatic hydroxyl groups is 1. The first-order chi connectivity index (χ1) is 11.1. The molecule has 1 fully saturated rings. The molecule has 1 aliphatic rings. The van der Waals surface area contributed by atoms with Crippen molar-refractivity contribution in [2.45, 2.75) is 38.1 Å². The summed E-state index contributed by atoms with van der Waals surface area (Å²) in [7, 11) is 1.86. The number of phenolic OH excluding ortho intramolecular Hbond substituents is 1. The molecule has 1 aromatic heterocycles. The van der Waals surface area contributed by atoms with Gasteiger partial charge in [0.15, 0.2) is 0 Å². The molecule has 0 spiro atoms. The van der Waals surface area contributed by atoms with Crippen molar-refractivity contribution in [2.24, 2.45) is 0 Å². The second-order valence-corrected chi connectivity index (χ2v) is 6.42. The molecular weight excluding hydrogens is 314 g/mol. The summed E-state index contributed by atoms with van der Waals surface area (Å²) in [6.07, 6.45) is 8.99. The van der Waals surface area contributed by atoms with E-state index in [4.69, 9.17) is 11.6 Å². The maximum atomic E-state index is 12.6. The van der Waals surface area contributed by atoms with Crippen LogP contribution in [-0.4, -0.2) is 38.7 Å².